The molecule has 5 heteroatoms. The van der Waals surface area contributed by atoms with E-state index in [2.05, 4.69) is 0 Å². The molecule has 0 aromatic rings. The maximum absolute atomic E-state index is 11.7. The molecule has 0 spiro atoms. The molecule has 0 aromatic heterocycles. The summed E-state index contributed by atoms with van der Waals surface area (Å²) in [5.41, 5.74) is -0.572. The number of aliphatic hydroxyl groups is 1. The van der Waals surface area contributed by atoms with Crippen LogP contribution in [-0.2, 0) is 10.0 Å². The largest absolute Gasteiger partial charge is 0.393 e. The molecule has 18 heavy (non-hydrogen) atoms. The first-order chi connectivity index (χ1) is 7.76. The lowest BCUT2D eigenvalue weighted by Crippen LogP contribution is -2.45. The first kappa shape index (κ1) is 17.9. The van der Waals surface area contributed by atoms with Crippen molar-refractivity contribution in [3.8, 4) is 0 Å². The summed E-state index contributed by atoms with van der Waals surface area (Å²) in [6.07, 6.45) is 2.12. The van der Waals surface area contributed by atoms with Gasteiger partial charge in [-0.3, -0.25) is 0 Å². The molecule has 0 aliphatic carbocycles. The molecule has 1 N–H and O–H groups in total. The highest BCUT2D eigenvalue weighted by molar-refractivity contribution is 7.88. The summed E-state index contributed by atoms with van der Waals surface area (Å²) in [5, 5.41) is 9.94. The van der Waals surface area contributed by atoms with E-state index in [9.17, 15) is 13.5 Å². The van der Waals surface area contributed by atoms with Crippen molar-refractivity contribution < 1.29 is 13.5 Å². The third kappa shape index (κ3) is 6.16. The second kappa shape index (κ2) is 5.88. The van der Waals surface area contributed by atoms with E-state index in [1.165, 1.54) is 10.6 Å². The van der Waals surface area contributed by atoms with E-state index >= 15 is 0 Å². The summed E-state index contributed by atoms with van der Waals surface area (Å²) in [6.45, 7) is 12.0. The fraction of sp³-hybridized carbons (Fsp3) is 1.00. The Morgan fingerprint density at radius 1 is 1.11 bits per heavy atom. The average Bonchev–Trinajstić information content (AvgIpc) is 2.05. The minimum absolute atomic E-state index is 0.155. The van der Waals surface area contributed by atoms with Crippen molar-refractivity contribution in [3.63, 3.8) is 0 Å². The van der Waals surface area contributed by atoms with Crippen molar-refractivity contribution in [1.82, 2.24) is 4.31 Å². The molecular formula is C13H29NO3S. The van der Waals surface area contributed by atoms with Crippen LogP contribution < -0.4 is 0 Å². The maximum atomic E-state index is 11.7. The Hall–Kier alpha value is -0.130. The van der Waals surface area contributed by atoms with E-state index in [-0.39, 0.29) is 5.41 Å². The molecule has 0 amide bonds. The molecule has 0 aliphatic heterocycles. The van der Waals surface area contributed by atoms with Crippen molar-refractivity contribution >= 4 is 10.0 Å². The number of rotatable bonds is 5. The Morgan fingerprint density at radius 2 is 1.56 bits per heavy atom. The number of hydrogen-bond donors (Lipinski definition) is 1. The van der Waals surface area contributed by atoms with Crippen molar-refractivity contribution in [1.29, 1.82) is 0 Å². The van der Waals surface area contributed by atoms with Crippen LogP contribution in [0.5, 0.6) is 0 Å². The highest BCUT2D eigenvalue weighted by Crippen LogP contribution is 2.24. The van der Waals surface area contributed by atoms with Crippen molar-refractivity contribution in [2.45, 2.75) is 66.0 Å². The van der Waals surface area contributed by atoms with E-state index in [0.29, 0.717) is 19.4 Å². The molecule has 4 nitrogen and oxygen atoms in total. The van der Waals surface area contributed by atoms with Gasteiger partial charge >= 0.3 is 0 Å². The maximum Gasteiger partial charge on any atom is 0.211 e. The molecule has 1 atom stereocenters. The third-order valence-electron chi connectivity index (χ3n) is 2.99. The van der Waals surface area contributed by atoms with Crippen molar-refractivity contribution in [2.24, 2.45) is 5.41 Å². The SMILES string of the molecule is CC(C)(C)C(O)CCCN(C(C)(C)C)S(C)(=O)=O. The Bertz CT molecular complexity index is 349. The van der Waals surface area contributed by atoms with Crippen LogP contribution in [0.3, 0.4) is 0 Å². The van der Waals surface area contributed by atoms with Crippen LogP contribution in [0.2, 0.25) is 0 Å². The smallest absolute Gasteiger partial charge is 0.211 e. The zero-order valence-corrected chi connectivity index (χ0v) is 13.6. The Labute approximate surface area is 112 Å². The molecule has 0 radical (unpaired) electrons. The molecule has 1 unspecified atom stereocenters. The van der Waals surface area contributed by atoms with Gasteiger partial charge in [-0.1, -0.05) is 20.8 Å². The second-order valence-electron chi connectivity index (χ2n) is 7.03. The van der Waals surface area contributed by atoms with Gasteiger partial charge in [0.2, 0.25) is 10.0 Å². The van der Waals surface area contributed by atoms with Gasteiger partial charge in [-0.25, -0.2) is 8.42 Å². The first-order valence-corrected chi connectivity index (χ1v) is 8.27. The molecule has 0 bridgehead atoms. The van der Waals surface area contributed by atoms with Crippen molar-refractivity contribution in [3.05, 3.63) is 0 Å². The highest BCUT2D eigenvalue weighted by atomic mass is 32.2. The first-order valence-electron chi connectivity index (χ1n) is 6.42. The highest BCUT2D eigenvalue weighted by Gasteiger charge is 2.29. The van der Waals surface area contributed by atoms with Crippen LogP contribution in [0, 0.1) is 5.41 Å². The fourth-order valence-electron chi connectivity index (χ4n) is 1.86. The number of sulfonamides is 1. The monoisotopic (exact) mass is 279 g/mol. The molecule has 0 fully saturated rings. The standard InChI is InChI=1S/C13H29NO3S/c1-12(2,3)11(15)9-8-10-14(13(4,5)6)18(7,16)17/h11,15H,8-10H2,1-7H3. The predicted octanol–water partition coefficient (Wildman–Crippen LogP) is 2.23. The fourth-order valence-corrected chi connectivity index (χ4v) is 3.32. The minimum atomic E-state index is -3.20. The molecule has 110 valence electrons. The van der Waals surface area contributed by atoms with Gasteiger partial charge in [-0.2, -0.15) is 4.31 Å². The van der Waals surface area contributed by atoms with Crippen molar-refractivity contribution in [2.75, 3.05) is 12.8 Å². The topological polar surface area (TPSA) is 57.6 Å². The molecule has 0 aliphatic rings. The van der Waals surface area contributed by atoms with E-state index in [1.807, 2.05) is 41.5 Å². The molecule has 0 rings (SSSR count). The quantitative estimate of drug-likeness (QED) is 0.839. The summed E-state index contributed by atoms with van der Waals surface area (Å²) < 4.78 is 24.9. The van der Waals surface area contributed by atoms with E-state index in [0.717, 1.165) is 0 Å². The van der Waals surface area contributed by atoms with Gasteiger partial charge in [0.15, 0.2) is 0 Å². The van der Waals surface area contributed by atoms with E-state index in [1.54, 1.807) is 0 Å². The van der Waals surface area contributed by atoms with Crippen LogP contribution >= 0.6 is 0 Å². The minimum Gasteiger partial charge on any atom is -0.393 e. The summed E-state index contributed by atoms with van der Waals surface area (Å²) >= 11 is 0. The number of aliphatic hydroxyl groups excluding tert-OH is 1. The van der Waals surface area contributed by atoms with Gasteiger partial charge in [0, 0.05) is 12.1 Å². The molecule has 0 aromatic carbocycles. The van der Waals surface area contributed by atoms with Gasteiger partial charge in [0.25, 0.3) is 0 Å². The van der Waals surface area contributed by atoms with E-state index < -0.39 is 21.7 Å². The zero-order chi connectivity index (χ0) is 14.8. The van der Waals surface area contributed by atoms with E-state index in [4.69, 9.17) is 0 Å². The lowest BCUT2D eigenvalue weighted by molar-refractivity contribution is 0.0515. The summed E-state index contributed by atoms with van der Waals surface area (Å²) in [5.74, 6) is 0. The van der Waals surface area contributed by atoms with Gasteiger partial charge in [-0.05, 0) is 39.0 Å². The molecular weight excluding hydrogens is 250 g/mol. The Kier molecular flexibility index (Phi) is 5.84. The van der Waals surface area contributed by atoms with Crippen LogP contribution in [0.15, 0.2) is 0 Å². The summed E-state index contributed by atoms with van der Waals surface area (Å²) in [6, 6.07) is 0. The second-order valence-corrected chi connectivity index (χ2v) is 8.94. The van der Waals surface area contributed by atoms with Gasteiger partial charge < -0.3 is 5.11 Å². The van der Waals surface area contributed by atoms with Gasteiger partial charge in [0.1, 0.15) is 0 Å². The third-order valence-corrected chi connectivity index (χ3v) is 4.52. The molecule has 0 saturated carbocycles. The Balaban J connectivity index is 4.50. The average molecular weight is 279 g/mol. The van der Waals surface area contributed by atoms with Gasteiger partial charge in [-0.15, -0.1) is 0 Å². The normalized spacial score (nSPS) is 16.1. The van der Waals surface area contributed by atoms with Crippen LogP contribution in [0.4, 0.5) is 0 Å². The molecule has 0 saturated heterocycles. The molecule has 0 heterocycles. The van der Waals surface area contributed by atoms with Crippen LogP contribution in [-0.4, -0.2) is 42.3 Å². The number of nitrogens with zero attached hydrogens (tertiary/aromatic N) is 1. The van der Waals surface area contributed by atoms with Crippen LogP contribution in [0.1, 0.15) is 54.4 Å². The predicted molar refractivity (Wildman–Crippen MR) is 76.0 cm³/mol. The van der Waals surface area contributed by atoms with Crippen LogP contribution in [0.25, 0.3) is 0 Å². The van der Waals surface area contributed by atoms with Gasteiger partial charge in [0.05, 0.1) is 12.4 Å². The lowest BCUT2D eigenvalue weighted by Gasteiger charge is -2.34. The summed E-state index contributed by atoms with van der Waals surface area (Å²) in [7, 11) is -3.20. The lowest BCUT2D eigenvalue weighted by atomic mass is 9.86. The summed E-state index contributed by atoms with van der Waals surface area (Å²) in [4.78, 5) is 0. The Morgan fingerprint density at radius 3 is 1.83 bits per heavy atom. The zero-order valence-electron chi connectivity index (χ0n) is 12.8. The number of hydrogen-bond acceptors (Lipinski definition) is 3.